The monoisotopic (exact) mass is 301 g/mol. The molecule has 0 aromatic carbocycles. The summed E-state index contributed by atoms with van der Waals surface area (Å²) in [6.45, 7) is 0. The molecule has 0 spiro atoms. The Labute approximate surface area is 123 Å². The van der Waals surface area contributed by atoms with Gasteiger partial charge in [-0.2, -0.15) is 5.10 Å². The maximum atomic E-state index is 12.1. The van der Waals surface area contributed by atoms with Crippen LogP contribution in [0.1, 0.15) is 10.4 Å². The second-order valence-corrected chi connectivity index (χ2v) is 4.26. The van der Waals surface area contributed by atoms with E-state index in [1.54, 1.807) is 0 Å². The largest absolute Gasteiger partial charge is 0.494 e. The van der Waals surface area contributed by atoms with E-state index in [1.807, 2.05) is 0 Å². The molecule has 9 heteroatoms. The molecule has 22 heavy (non-hydrogen) atoms. The number of hydrogen-bond donors (Lipinski definition) is 1. The Balaban J connectivity index is 2.27. The molecule has 0 aliphatic rings. The highest BCUT2D eigenvalue weighted by Crippen LogP contribution is 2.31. The number of hydrogen-bond acceptors (Lipinski definition) is 7. The van der Waals surface area contributed by atoms with E-state index < -0.39 is 11.8 Å². The average molecular weight is 301 g/mol. The van der Waals surface area contributed by atoms with Gasteiger partial charge in [-0.3, -0.25) is 4.79 Å². The van der Waals surface area contributed by atoms with Crippen LogP contribution in [0.4, 0.5) is 0 Å². The van der Waals surface area contributed by atoms with Crippen molar-refractivity contribution in [3.8, 4) is 11.6 Å². The summed E-state index contributed by atoms with van der Waals surface area (Å²) in [5.74, 6) is -0.950. The second kappa shape index (κ2) is 5.28. The van der Waals surface area contributed by atoms with Gasteiger partial charge in [-0.05, 0) is 0 Å². The fourth-order valence-electron chi connectivity index (χ4n) is 2.13. The van der Waals surface area contributed by atoms with Crippen LogP contribution in [-0.4, -0.2) is 50.7 Å². The summed E-state index contributed by atoms with van der Waals surface area (Å²) in [5.41, 5.74) is 0.638. The highest BCUT2D eigenvalue weighted by atomic mass is 16.5. The molecular formula is C13H11N5O4. The maximum Gasteiger partial charge on any atom is 0.379 e. The second-order valence-electron chi connectivity index (χ2n) is 4.26. The summed E-state index contributed by atoms with van der Waals surface area (Å²) in [7, 11) is 2.60. The fraction of sp³-hybridized carbons (Fsp3) is 0.154. The lowest BCUT2D eigenvalue weighted by Crippen LogP contribution is -2.15. The topological polar surface area (TPSA) is 112 Å². The van der Waals surface area contributed by atoms with Gasteiger partial charge in [0.1, 0.15) is 18.4 Å². The van der Waals surface area contributed by atoms with Gasteiger partial charge in [-0.15, -0.1) is 0 Å². The number of Topliss-reactive ketones (excluding diaryl/α,β-unsaturated/α-hetero) is 1. The molecule has 3 heterocycles. The van der Waals surface area contributed by atoms with Crippen molar-refractivity contribution in [2.75, 3.05) is 14.2 Å². The number of ether oxygens (including phenoxy) is 2. The molecule has 0 aliphatic heterocycles. The van der Waals surface area contributed by atoms with Gasteiger partial charge in [-0.1, -0.05) is 0 Å². The first-order valence-corrected chi connectivity index (χ1v) is 6.19. The first-order chi connectivity index (χ1) is 10.7. The quantitative estimate of drug-likeness (QED) is 0.424. The van der Waals surface area contributed by atoms with Gasteiger partial charge >= 0.3 is 5.97 Å². The summed E-state index contributed by atoms with van der Waals surface area (Å²) < 4.78 is 11.1. The van der Waals surface area contributed by atoms with Gasteiger partial charge in [0.15, 0.2) is 5.82 Å². The number of fused-ring (bicyclic) bond motifs is 1. The number of pyridine rings is 1. The van der Waals surface area contributed by atoms with Crippen LogP contribution >= 0.6 is 0 Å². The SMILES string of the molecule is COC(=O)C(=O)c1c[nH]c2c(-n3cncn3)ncc(OC)c12. The number of ketones is 1. The number of rotatable bonds is 4. The maximum absolute atomic E-state index is 12.1. The third-order valence-corrected chi connectivity index (χ3v) is 3.13. The van der Waals surface area contributed by atoms with Crippen molar-refractivity contribution < 1.29 is 19.1 Å². The summed E-state index contributed by atoms with van der Waals surface area (Å²) in [6, 6.07) is 0. The number of carbonyl (C=O) groups excluding carboxylic acids is 2. The van der Waals surface area contributed by atoms with Crippen molar-refractivity contribution in [2.45, 2.75) is 0 Å². The van der Waals surface area contributed by atoms with Crippen LogP contribution in [0.3, 0.4) is 0 Å². The fourth-order valence-corrected chi connectivity index (χ4v) is 2.13. The molecule has 3 aromatic heterocycles. The Morgan fingerprint density at radius 1 is 1.32 bits per heavy atom. The smallest absolute Gasteiger partial charge is 0.379 e. The van der Waals surface area contributed by atoms with Crippen molar-refractivity contribution in [1.82, 2.24) is 24.7 Å². The predicted molar refractivity (Wildman–Crippen MR) is 73.9 cm³/mol. The zero-order chi connectivity index (χ0) is 15.7. The molecule has 9 nitrogen and oxygen atoms in total. The highest BCUT2D eigenvalue weighted by molar-refractivity contribution is 6.43. The Morgan fingerprint density at radius 3 is 2.77 bits per heavy atom. The van der Waals surface area contributed by atoms with Crippen LogP contribution in [-0.2, 0) is 9.53 Å². The molecule has 112 valence electrons. The van der Waals surface area contributed by atoms with E-state index in [2.05, 4.69) is 24.8 Å². The molecule has 0 saturated carbocycles. The van der Waals surface area contributed by atoms with Crippen LogP contribution in [0.2, 0.25) is 0 Å². The van der Waals surface area contributed by atoms with E-state index in [4.69, 9.17) is 4.74 Å². The number of carbonyl (C=O) groups is 2. The van der Waals surface area contributed by atoms with Gasteiger partial charge in [0.05, 0.1) is 36.9 Å². The van der Waals surface area contributed by atoms with Crippen LogP contribution < -0.4 is 4.74 Å². The molecule has 0 radical (unpaired) electrons. The zero-order valence-corrected chi connectivity index (χ0v) is 11.7. The molecular weight excluding hydrogens is 290 g/mol. The minimum Gasteiger partial charge on any atom is -0.494 e. The number of aromatic nitrogens is 5. The first-order valence-electron chi connectivity index (χ1n) is 6.19. The van der Waals surface area contributed by atoms with Gasteiger partial charge in [0.25, 0.3) is 5.78 Å². The van der Waals surface area contributed by atoms with Crippen LogP contribution in [0.5, 0.6) is 5.75 Å². The molecule has 0 fully saturated rings. The molecule has 0 amide bonds. The van der Waals surface area contributed by atoms with Crippen LogP contribution in [0.15, 0.2) is 25.0 Å². The lowest BCUT2D eigenvalue weighted by molar-refractivity contribution is -0.135. The molecule has 0 unspecified atom stereocenters. The van der Waals surface area contributed by atoms with Crippen molar-refractivity contribution in [3.63, 3.8) is 0 Å². The molecule has 1 N–H and O–H groups in total. The molecule has 0 bridgehead atoms. The number of nitrogens with one attached hydrogen (secondary N) is 1. The van der Waals surface area contributed by atoms with E-state index in [0.717, 1.165) is 7.11 Å². The molecule has 3 rings (SSSR count). The van der Waals surface area contributed by atoms with Gasteiger partial charge in [0, 0.05) is 6.20 Å². The summed E-state index contributed by atoms with van der Waals surface area (Å²) in [4.78, 5) is 34.6. The molecule has 3 aromatic rings. The number of nitrogens with zero attached hydrogens (tertiary/aromatic N) is 4. The van der Waals surface area contributed by atoms with Crippen molar-refractivity contribution in [3.05, 3.63) is 30.6 Å². The molecule has 0 aliphatic carbocycles. The lowest BCUT2D eigenvalue weighted by atomic mass is 10.1. The highest BCUT2D eigenvalue weighted by Gasteiger charge is 2.24. The number of methoxy groups -OCH3 is 2. The lowest BCUT2D eigenvalue weighted by Gasteiger charge is -2.07. The van der Waals surface area contributed by atoms with E-state index in [1.165, 1.54) is 36.8 Å². The van der Waals surface area contributed by atoms with E-state index in [0.29, 0.717) is 22.5 Å². The van der Waals surface area contributed by atoms with Crippen molar-refractivity contribution in [2.24, 2.45) is 0 Å². The first kappa shape index (κ1) is 13.7. The Kier molecular flexibility index (Phi) is 3.30. The molecule has 0 saturated heterocycles. The molecule has 0 atom stereocenters. The van der Waals surface area contributed by atoms with Gasteiger partial charge < -0.3 is 14.5 Å². The predicted octanol–water partition coefficient (Wildman–Crippen LogP) is 0.508. The Bertz CT molecular complexity index is 853. The normalized spacial score (nSPS) is 10.6. The minimum absolute atomic E-state index is 0.141. The minimum atomic E-state index is -0.956. The number of esters is 1. The van der Waals surface area contributed by atoms with Gasteiger partial charge in [0.2, 0.25) is 0 Å². The Morgan fingerprint density at radius 2 is 2.14 bits per heavy atom. The average Bonchev–Trinajstić information content (AvgIpc) is 3.22. The van der Waals surface area contributed by atoms with E-state index >= 15 is 0 Å². The standard InChI is InChI=1S/C13H11N5O4/c1-21-8-4-16-12(18-6-14-5-17-18)10-9(8)7(3-15-10)11(19)13(20)22-2/h3-6,15H,1-2H3. The summed E-state index contributed by atoms with van der Waals surface area (Å²) in [5, 5.41) is 4.43. The summed E-state index contributed by atoms with van der Waals surface area (Å²) >= 11 is 0. The van der Waals surface area contributed by atoms with Crippen LogP contribution in [0.25, 0.3) is 16.7 Å². The summed E-state index contributed by atoms with van der Waals surface area (Å²) in [6.07, 6.45) is 5.69. The van der Waals surface area contributed by atoms with Gasteiger partial charge in [-0.25, -0.2) is 19.4 Å². The zero-order valence-electron chi connectivity index (χ0n) is 11.7. The third-order valence-electron chi connectivity index (χ3n) is 3.13. The van der Waals surface area contributed by atoms with Crippen LogP contribution in [0, 0.1) is 0 Å². The Hall–Kier alpha value is -3.23. The number of aromatic amines is 1. The third kappa shape index (κ3) is 1.99. The van der Waals surface area contributed by atoms with Crippen molar-refractivity contribution in [1.29, 1.82) is 0 Å². The van der Waals surface area contributed by atoms with E-state index in [-0.39, 0.29) is 5.56 Å². The number of H-pyrrole nitrogens is 1. The van der Waals surface area contributed by atoms with E-state index in [9.17, 15) is 9.59 Å². The van der Waals surface area contributed by atoms with Crippen molar-refractivity contribution >= 4 is 22.7 Å².